The van der Waals surface area contributed by atoms with Crippen LogP contribution in [-0.4, -0.2) is 29.1 Å². The van der Waals surface area contributed by atoms with Crippen LogP contribution >= 0.6 is 11.6 Å². The molecule has 0 radical (unpaired) electrons. The highest BCUT2D eigenvalue weighted by Gasteiger charge is 2.19. The summed E-state index contributed by atoms with van der Waals surface area (Å²) < 4.78 is 3.39. The summed E-state index contributed by atoms with van der Waals surface area (Å²) in [7, 11) is 0. The molecule has 168 valence electrons. The molecule has 0 atom stereocenters. The second kappa shape index (κ2) is 8.62. The lowest BCUT2D eigenvalue weighted by atomic mass is 10.1. The maximum atomic E-state index is 13.7. The van der Waals surface area contributed by atoms with E-state index in [1.165, 1.54) is 0 Å². The molecule has 0 aliphatic carbocycles. The maximum absolute atomic E-state index is 13.7. The first-order chi connectivity index (χ1) is 17.2. The third-order valence-corrected chi connectivity index (χ3v) is 5.94. The summed E-state index contributed by atoms with van der Waals surface area (Å²) in [6.45, 7) is 0. The first-order valence-electron chi connectivity index (χ1n) is 10.9. The summed E-state index contributed by atoms with van der Waals surface area (Å²) >= 11 is 6.11. The van der Waals surface area contributed by atoms with Crippen LogP contribution in [0.1, 0.15) is 0 Å². The fourth-order valence-corrected chi connectivity index (χ4v) is 4.12. The number of fused-ring (bicyclic) bond motifs is 1. The van der Waals surface area contributed by atoms with Crippen LogP contribution in [0.2, 0.25) is 5.02 Å². The highest BCUT2D eigenvalue weighted by atomic mass is 35.5. The number of para-hydroxylation sites is 1. The average molecular weight is 477 g/mol. The number of imidazole rings is 1. The molecule has 0 aliphatic rings. The summed E-state index contributed by atoms with van der Waals surface area (Å²) in [6, 6.07) is 24.5. The predicted molar refractivity (Wildman–Crippen MR) is 136 cm³/mol. The van der Waals surface area contributed by atoms with Crippen LogP contribution in [0.25, 0.3) is 45.2 Å². The van der Waals surface area contributed by atoms with Crippen molar-refractivity contribution in [3.8, 4) is 34.0 Å². The zero-order valence-corrected chi connectivity index (χ0v) is 19.0. The summed E-state index contributed by atoms with van der Waals surface area (Å²) in [6.07, 6.45) is 6.63. The zero-order chi connectivity index (χ0) is 23.8. The minimum Gasteiger partial charge on any atom is -0.283 e. The Kier molecular flexibility index (Phi) is 5.16. The van der Waals surface area contributed by atoms with Crippen LogP contribution in [0.15, 0.2) is 109 Å². The van der Waals surface area contributed by atoms with Crippen molar-refractivity contribution < 1.29 is 0 Å². The minimum atomic E-state index is -0.264. The van der Waals surface area contributed by atoms with Crippen LogP contribution in [0.4, 0.5) is 0 Å². The molecule has 0 amide bonds. The van der Waals surface area contributed by atoms with Gasteiger partial charge in [-0.15, -0.1) is 0 Å². The second-order valence-corrected chi connectivity index (χ2v) is 8.28. The monoisotopic (exact) mass is 476 g/mol. The molecule has 3 heterocycles. The van der Waals surface area contributed by atoms with Crippen molar-refractivity contribution in [2.24, 2.45) is 0 Å². The third-order valence-electron chi connectivity index (χ3n) is 5.69. The van der Waals surface area contributed by atoms with Gasteiger partial charge in [0.2, 0.25) is 0 Å². The largest absolute Gasteiger partial charge is 0.286 e. The lowest BCUT2D eigenvalue weighted by molar-refractivity contribution is 0.962. The zero-order valence-electron chi connectivity index (χ0n) is 18.3. The molecule has 0 fully saturated rings. The third kappa shape index (κ3) is 3.78. The van der Waals surface area contributed by atoms with E-state index in [1.807, 2.05) is 59.2 Å². The summed E-state index contributed by atoms with van der Waals surface area (Å²) in [5.41, 5.74) is 4.47. The standard InChI is InChI=1S/C27H17ClN6O/c28-20-10-12-22(13-11-20)34-25(19-8-6-18(7-9-19)23-16-29-14-15-30-23)32-26-24(27(34)35)31-17-33(26)21-4-2-1-3-5-21/h1-17H. The van der Waals surface area contributed by atoms with Crippen molar-refractivity contribution in [2.75, 3.05) is 0 Å². The van der Waals surface area contributed by atoms with Crippen molar-refractivity contribution in [3.05, 3.63) is 119 Å². The second-order valence-electron chi connectivity index (χ2n) is 7.84. The molecule has 3 aromatic heterocycles. The van der Waals surface area contributed by atoms with Gasteiger partial charge in [0, 0.05) is 34.2 Å². The topological polar surface area (TPSA) is 78.5 Å². The van der Waals surface area contributed by atoms with E-state index in [0.29, 0.717) is 22.2 Å². The fraction of sp³-hybridized carbons (Fsp3) is 0. The van der Waals surface area contributed by atoms with Crippen LogP contribution in [0.3, 0.4) is 0 Å². The first-order valence-corrected chi connectivity index (χ1v) is 11.2. The molecule has 0 aliphatic heterocycles. The number of benzene rings is 3. The quantitative estimate of drug-likeness (QED) is 0.343. The summed E-state index contributed by atoms with van der Waals surface area (Å²) in [5, 5.41) is 0.582. The molecule has 0 N–H and O–H groups in total. The van der Waals surface area contributed by atoms with Gasteiger partial charge in [-0.05, 0) is 36.4 Å². The van der Waals surface area contributed by atoms with E-state index >= 15 is 0 Å². The molecule has 6 aromatic rings. The van der Waals surface area contributed by atoms with Crippen LogP contribution in [0.5, 0.6) is 0 Å². The van der Waals surface area contributed by atoms with Crippen molar-refractivity contribution >= 4 is 22.8 Å². The van der Waals surface area contributed by atoms with Gasteiger partial charge in [0.25, 0.3) is 5.56 Å². The van der Waals surface area contributed by atoms with Gasteiger partial charge in [0.1, 0.15) is 12.2 Å². The van der Waals surface area contributed by atoms with Gasteiger partial charge in [0.05, 0.1) is 17.6 Å². The molecule has 0 unspecified atom stereocenters. The molecule has 3 aromatic carbocycles. The van der Waals surface area contributed by atoms with Gasteiger partial charge in [-0.25, -0.2) is 9.97 Å². The number of rotatable bonds is 4. The normalized spacial score (nSPS) is 11.1. The molecule has 7 nitrogen and oxygen atoms in total. The molecule has 8 heteroatoms. The summed E-state index contributed by atoms with van der Waals surface area (Å²) in [4.78, 5) is 31.6. The van der Waals surface area contributed by atoms with Crippen LogP contribution in [-0.2, 0) is 0 Å². The molecule has 0 spiro atoms. The van der Waals surface area contributed by atoms with Crippen LogP contribution in [0, 0.1) is 0 Å². The Morgan fingerprint density at radius 1 is 0.743 bits per heavy atom. The highest BCUT2D eigenvalue weighted by molar-refractivity contribution is 6.30. The van der Waals surface area contributed by atoms with Gasteiger partial charge in [-0.1, -0.05) is 54.1 Å². The number of nitrogens with zero attached hydrogens (tertiary/aromatic N) is 6. The minimum absolute atomic E-state index is 0.264. The van der Waals surface area contributed by atoms with E-state index in [0.717, 1.165) is 22.5 Å². The van der Waals surface area contributed by atoms with Gasteiger partial charge >= 0.3 is 0 Å². The van der Waals surface area contributed by atoms with E-state index in [-0.39, 0.29) is 11.1 Å². The Hall–Kier alpha value is -4.62. The lowest BCUT2D eigenvalue weighted by Gasteiger charge is -2.14. The van der Waals surface area contributed by atoms with E-state index < -0.39 is 0 Å². The van der Waals surface area contributed by atoms with Crippen molar-refractivity contribution in [2.45, 2.75) is 0 Å². The number of hydrogen-bond donors (Lipinski definition) is 0. The molecule has 0 bridgehead atoms. The highest BCUT2D eigenvalue weighted by Crippen LogP contribution is 2.26. The summed E-state index contributed by atoms with van der Waals surface area (Å²) in [5.74, 6) is 0.494. The van der Waals surface area contributed by atoms with Crippen LogP contribution < -0.4 is 5.56 Å². The SMILES string of the molecule is O=c1c2ncn(-c3ccccc3)c2nc(-c2ccc(-c3cnccn3)cc2)n1-c1ccc(Cl)cc1. The van der Waals surface area contributed by atoms with Crippen molar-refractivity contribution in [1.29, 1.82) is 0 Å². The Balaban J connectivity index is 1.59. The average Bonchev–Trinajstić information content (AvgIpc) is 3.35. The Labute approximate surface area is 205 Å². The maximum Gasteiger partial charge on any atom is 0.286 e. The van der Waals surface area contributed by atoms with Crippen molar-refractivity contribution in [3.63, 3.8) is 0 Å². The Bertz CT molecular complexity index is 1690. The van der Waals surface area contributed by atoms with Gasteiger partial charge < -0.3 is 0 Å². The molecular formula is C27H17ClN6O. The Morgan fingerprint density at radius 2 is 1.49 bits per heavy atom. The first kappa shape index (κ1) is 20.9. The predicted octanol–water partition coefficient (Wildman–Crippen LogP) is 5.35. The molecule has 6 rings (SSSR count). The number of aromatic nitrogens is 6. The molecule has 35 heavy (non-hydrogen) atoms. The molecular weight excluding hydrogens is 460 g/mol. The van der Waals surface area contributed by atoms with E-state index in [9.17, 15) is 4.79 Å². The van der Waals surface area contributed by atoms with E-state index in [2.05, 4.69) is 15.0 Å². The molecule has 0 saturated carbocycles. The van der Waals surface area contributed by atoms with E-state index in [4.69, 9.17) is 16.6 Å². The number of halogens is 1. The number of hydrogen-bond acceptors (Lipinski definition) is 5. The smallest absolute Gasteiger partial charge is 0.283 e. The van der Waals surface area contributed by atoms with E-state index in [1.54, 1.807) is 53.8 Å². The Morgan fingerprint density at radius 3 is 2.20 bits per heavy atom. The van der Waals surface area contributed by atoms with Crippen molar-refractivity contribution in [1.82, 2.24) is 29.1 Å². The van der Waals surface area contributed by atoms with Gasteiger partial charge in [0.15, 0.2) is 11.2 Å². The van der Waals surface area contributed by atoms with Gasteiger partial charge in [-0.2, -0.15) is 0 Å². The lowest BCUT2D eigenvalue weighted by Crippen LogP contribution is -2.22. The van der Waals surface area contributed by atoms with Gasteiger partial charge in [-0.3, -0.25) is 23.9 Å². The molecule has 0 saturated heterocycles. The fourth-order valence-electron chi connectivity index (χ4n) is 3.99.